The molecular weight excluding hydrogens is 255 g/mol. The molecule has 2 nitrogen and oxygen atoms in total. The lowest BCUT2D eigenvalue weighted by Crippen LogP contribution is -2.03. The molecule has 0 amide bonds. The molecule has 4 heteroatoms. The van der Waals surface area contributed by atoms with Crippen LogP contribution in [0, 0.1) is 5.92 Å². The van der Waals surface area contributed by atoms with Gasteiger partial charge in [0.05, 0.1) is 33.4 Å². The maximum Gasteiger partial charge on any atom is 0.0963 e. The van der Waals surface area contributed by atoms with Crippen molar-refractivity contribution >= 4 is 34.2 Å². The number of imidazole rings is 1. The molecule has 1 aromatic carbocycles. The summed E-state index contributed by atoms with van der Waals surface area (Å²) in [6.45, 7) is 2.22. The molecule has 1 heterocycles. The third-order valence-corrected chi connectivity index (χ3v) is 3.97. The van der Waals surface area contributed by atoms with E-state index >= 15 is 0 Å². The molecule has 1 aromatic heterocycles. The highest BCUT2D eigenvalue weighted by molar-refractivity contribution is 6.42. The zero-order chi connectivity index (χ0) is 12.0. The van der Waals surface area contributed by atoms with E-state index in [1.54, 1.807) is 0 Å². The SMILES string of the molecule is C[C@H]1C=C[C@@H](n2cnc3cc(Cl)c(Cl)cc32)C1. The number of fused-ring (bicyclic) bond motifs is 1. The van der Waals surface area contributed by atoms with Gasteiger partial charge >= 0.3 is 0 Å². The van der Waals surface area contributed by atoms with Crippen LogP contribution in [0.25, 0.3) is 11.0 Å². The lowest BCUT2D eigenvalue weighted by Gasteiger charge is -2.12. The molecule has 2 aromatic rings. The summed E-state index contributed by atoms with van der Waals surface area (Å²) in [6, 6.07) is 4.09. The van der Waals surface area contributed by atoms with Crippen molar-refractivity contribution in [2.75, 3.05) is 0 Å². The second-order valence-electron chi connectivity index (χ2n) is 4.57. The van der Waals surface area contributed by atoms with Crippen molar-refractivity contribution in [3.8, 4) is 0 Å². The number of rotatable bonds is 1. The zero-order valence-electron chi connectivity index (χ0n) is 9.40. The minimum Gasteiger partial charge on any atom is -0.324 e. The van der Waals surface area contributed by atoms with Crippen LogP contribution in [-0.4, -0.2) is 9.55 Å². The van der Waals surface area contributed by atoms with E-state index in [-0.39, 0.29) is 0 Å². The fourth-order valence-electron chi connectivity index (χ4n) is 2.35. The summed E-state index contributed by atoms with van der Waals surface area (Å²) >= 11 is 12.0. The van der Waals surface area contributed by atoms with Gasteiger partial charge in [0.25, 0.3) is 0 Å². The molecule has 0 unspecified atom stereocenters. The third kappa shape index (κ3) is 1.85. The van der Waals surface area contributed by atoms with Crippen LogP contribution in [0.4, 0.5) is 0 Å². The first-order valence-corrected chi connectivity index (χ1v) is 6.40. The Labute approximate surface area is 110 Å². The average molecular weight is 267 g/mol. The summed E-state index contributed by atoms with van der Waals surface area (Å²) in [5, 5.41) is 1.13. The predicted molar refractivity (Wildman–Crippen MR) is 71.7 cm³/mol. The maximum atomic E-state index is 6.06. The van der Waals surface area contributed by atoms with E-state index in [9.17, 15) is 0 Å². The van der Waals surface area contributed by atoms with Crippen LogP contribution in [-0.2, 0) is 0 Å². The third-order valence-electron chi connectivity index (χ3n) is 3.25. The molecule has 0 bridgehead atoms. The van der Waals surface area contributed by atoms with E-state index in [1.807, 2.05) is 18.5 Å². The Morgan fingerprint density at radius 2 is 2.00 bits per heavy atom. The molecule has 2 atom stereocenters. The Bertz CT molecular complexity index is 601. The van der Waals surface area contributed by atoms with Gasteiger partial charge in [-0.05, 0) is 24.5 Å². The molecule has 3 rings (SSSR count). The number of hydrogen-bond donors (Lipinski definition) is 0. The number of halogens is 2. The minimum atomic E-state index is 0.382. The Balaban J connectivity index is 2.12. The van der Waals surface area contributed by atoms with Crippen molar-refractivity contribution in [1.29, 1.82) is 0 Å². The smallest absolute Gasteiger partial charge is 0.0963 e. The Morgan fingerprint density at radius 1 is 1.24 bits per heavy atom. The van der Waals surface area contributed by atoms with Crippen LogP contribution in [0.5, 0.6) is 0 Å². The van der Waals surface area contributed by atoms with E-state index in [4.69, 9.17) is 23.2 Å². The maximum absolute atomic E-state index is 6.06. The van der Waals surface area contributed by atoms with Gasteiger partial charge < -0.3 is 4.57 Å². The van der Waals surface area contributed by atoms with Gasteiger partial charge in [-0.25, -0.2) is 4.98 Å². The number of allylic oxidation sites excluding steroid dienone is 2. The number of hydrogen-bond acceptors (Lipinski definition) is 1. The Hall–Kier alpha value is -0.990. The van der Waals surface area contributed by atoms with Gasteiger partial charge in [0, 0.05) is 0 Å². The number of benzene rings is 1. The Kier molecular flexibility index (Phi) is 2.64. The van der Waals surface area contributed by atoms with Crippen molar-refractivity contribution in [2.24, 2.45) is 5.92 Å². The zero-order valence-corrected chi connectivity index (χ0v) is 10.9. The molecule has 0 saturated carbocycles. The average Bonchev–Trinajstić information content (AvgIpc) is 2.86. The second kappa shape index (κ2) is 4.04. The van der Waals surface area contributed by atoms with Gasteiger partial charge in [0.1, 0.15) is 0 Å². The van der Waals surface area contributed by atoms with Crippen LogP contribution in [0.15, 0.2) is 30.6 Å². The van der Waals surface area contributed by atoms with Gasteiger partial charge in [-0.2, -0.15) is 0 Å². The predicted octanol–water partition coefficient (Wildman–Crippen LogP) is 4.48. The van der Waals surface area contributed by atoms with Crippen LogP contribution in [0.3, 0.4) is 0 Å². The van der Waals surface area contributed by atoms with Crippen LogP contribution in [0.1, 0.15) is 19.4 Å². The summed E-state index contributed by atoms with van der Waals surface area (Å²) in [5.74, 6) is 0.625. The van der Waals surface area contributed by atoms with E-state index in [0.29, 0.717) is 22.0 Å². The summed E-state index contributed by atoms with van der Waals surface area (Å²) < 4.78 is 2.16. The van der Waals surface area contributed by atoms with Crippen molar-refractivity contribution in [1.82, 2.24) is 9.55 Å². The quantitative estimate of drug-likeness (QED) is 0.696. The highest BCUT2D eigenvalue weighted by atomic mass is 35.5. The molecule has 17 heavy (non-hydrogen) atoms. The van der Waals surface area contributed by atoms with Gasteiger partial charge in [0.15, 0.2) is 0 Å². The highest BCUT2D eigenvalue weighted by Gasteiger charge is 2.19. The van der Waals surface area contributed by atoms with E-state index in [1.165, 1.54) is 0 Å². The van der Waals surface area contributed by atoms with Crippen LogP contribution >= 0.6 is 23.2 Å². The lowest BCUT2D eigenvalue weighted by atomic mass is 10.1. The van der Waals surface area contributed by atoms with Gasteiger partial charge in [0.2, 0.25) is 0 Å². The standard InChI is InChI=1S/C13H12Cl2N2/c1-8-2-3-9(4-8)17-7-16-12-5-10(14)11(15)6-13(12)17/h2-3,5-9H,4H2,1H3/t8-,9+/m0/s1. The van der Waals surface area contributed by atoms with Crippen molar-refractivity contribution < 1.29 is 0 Å². The fraction of sp³-hybridized carbons (Fsp3) is 0.308. The highest BCUT2D eigenvalue weighted by Crippen LogP contribution is 2.33. The lowest BCUT2D eigenvalue weighted by molar-refractivity contribution is 0.539. The minimum absolute atomic E-state index is 0.382. The summed E-state index contributed by atoms with van der Waals surface area (Å²) in [6.07, 6.45) is 7.46. The molecule has 1 aliphatic carbocycles. The van der Waals surface area contributed by atoms with Gasteiger partial charge in [-0.3, -0.25) is 0 Å². The molecule has 0 saturated heterocycles. The van der Waals surface area contributed by atoms with Gasteiger partial charge in [-0.1, -0.05) is 42.3 Å². The monoisotopic (exact) mass is 266 g/mol. The van der Waals surface area contributed by atoms with E-state index in [0.717, 1.165) is 17.5 Å². The van der Waals surface area contributed by atoms with Crippen molar-refractivity contribution in [3.05, 3.63) is 40.7 Å². The summed E-state index contributed by atoms with van der Waals surface area (Å²) in [5.41, 5.74) is 1.94. The first kappa shape index (κ1) is 11.1. The molecular formula is C13H12Cl2N2. The first-order valence-electron chi connectivity index (χ1n) is 5.65. The second-order valence-corrected chi connectivity index (χ2v) is 5.39. The Morgan fingerprint density at radius 3 is 2.71 bits per heavy atom. The molecule has 0 N–H and O–H groups in total. The molecule has 0 aliphatic heterocycles. The van der Waals surface area contributed by atoms with Gasteiger partial charge in [-0.15, -0.1) is 0 Å². The molecule has 1 aliphatic rings. The molecule has 0 spiro atoms. The largest absolute Gasteiger partial charge is 0.324 e. The fourth-order valence-corrected chi connectivity index (χ4v) is 2.67. The molecule has 0 fully saturated rings. The van der Waals surface area contributed by atoms with Crippen LogP contribution < -0.4 is 0 Å². The van der Waals surface area contributed by atoms with E-state index in [2.05, 4.69) is 28.6 Å². The number of nitrogens with zero attached hydrogens (tertiary/aromatic N) is 2. The normalized spacial score (nSPS) is 23.7. The van der Waals surface area contributed by atoms with Crippen molar-refractivity contribution in [2.45, 2.75) is 19.4 Å². The topological polar surface area (TPSA) is 17.8 Å². The first-order chi connectivity index (χ1) is 8.15. The summed E-state index contributed by atoms with van der Waals surface area (Å²) in [7, 11) is 0. The molecule has 0 radical (unpaired) electrons. The summed E-state index contributed by atoms with van der Waals surface area (Å²) in [4.78, 5) is 4.38. The number of aromatic nitrogens is 2. The van der Waals surface area contributed by atoms with Crippen LogP contribution in [0.2, 0.25) is 10.0 Å². The van der Waals surface area contributed by atoms with E-state index < -0.39 is 0 Å². The van der Waals surface area contributed by atoms with Crippen molar-refractivity contribution in [3.63, 3.8) is 0 Å². The molecule has 88 valence electrons.